The van der Waals surface area contributed by atoms with Crippen molar-refractivity contribution in [2.45, 2.75) is 13.5 Å². The molecule has 0 unspecified atom stereocenters. The third kappa shape index (κ3) is 2.50. The summed E-state index contributed by atoms with van der Waals surface area (Å²) in [5, 5.41) is 10.6. The highest BCUT2D eigenvalue weighted by molar-refractivity contribution is 6.34. The van der Waals surface area contributed by atoms with E-state index >= 15 is 0 Å². The van der Waals surface area contributed by atoms with Crippen molar-refractivity contribution in [3.63, 3.8) is 0 Å². The van der Waals surface area contributed by atoms with Gasteiger partial charge in [-0.15, -0.1) is 0 Å². The van der Waals surface area contributed by atoms with E-state index in [-0.39, 0.29) is 22.1 Å². The number of hydrogen-bond donors (Lipinski definition) is 2. The molecule has 3 N–H and O–H groups in total. The minimum absolute atomic E-state index is 0.0143. The van der Waals surface area contributed by atoms with E-state index < -0.39 is 11.8 Å². The molecule has 8 nitrogen and oxygen atoms in total. The molecule has 0 saturated carbocycles. The first-order chi connectivity index (χ1) is 9.43. The fourth-order valence-electron chi connectivity index (χ4n) is 1.77. The van der Waals surface area contributed by atoms with E-state index in [9.17, 15) is 9.59 Å². The lowest BCUT2D eigenvalue weighted by atomic mass is 10.3. The van der Waals surface area contributed by atoms with Crippen LogP contribution in [-0.2, 0) is 13.6 Å². The highest BCUT2D eigenvalue weighted by Crippen LogP contribution is 2.19. The van der Waals surface area contributed by atoms with Gasteiger partial charge >= 0.3 is 0 Å². The Bertz CT molecular complexity index is 675. The first-order valence-electron chi connectivity index (χ1n) is 5.80. The fraction of sp³-hybridized carbons (Fsp3) is 0.273. The molecule has 2 heterocycles. The Kier molecular flexibility index (Phi) is 3.75. The molecule has 0 aliphatic heterocycles. The highest BCUT2D eigenvalue weighted by atomic mass is 35.5. The van der Waals surface area contributed by atoms with Crippen molar-refractivity contribution in [3.05, 3.63) is 28.8 Å². The van der Waals surface area contributed by atoms with Crippen LogP contribution >= 0.6 is 11.6 Å². The van der Waals surface area contributed by atoms with Crippen LogP contribution in [0.15, 0.2) is 12.4 Å². The number of carbonyl (C=O) groups excluding carboxylic acids is 2. The van der Waals surface area contributed by atoms with Crippen LogP contribution < -0.4 is 11.1 Å². The van der Waals surface area contributed by atoms with Crippen LogP contribution in [0, 0.1) is 0 Å². The molecule has 0 aromatic carbocycles. The largest absolute Gasteiger partial charge is 0.364 e. The van der Waals surface area contributed by atoms with E-state index in [1.165, 1.54) is 21.8 Å². The molecule has 0 bridgehead atoms. The summed E-state index contributed by atoms with van der Waals surface area (Å²) in [5.41, 5.74) is 5.63. The molecular formula is C11H13ClN6O2. The van der Waals surface area contributed by atoms with Crippen LogP contribution in [0.2, 0.25) is 5.02 Å². The fourth-order valence-corrected chi connectivity index (χ4v) is 2.00. The van der Waals surface area contributed by atoms with Crippen LogP contribution in [-0.4, -0.2) is 31.4 Å². The molecule has 2 rings (SSSR count). The molecule has 2 aromatic heterocycles. The lowest BCUT2D eigenvalue weighted by Gasteiger charge is -2.06. The number of anilines is 1. The molecule has 2 aromatic rings. The van der Waals surface area contributed by atoms with E-state index in [1.54, 1.807) is 7.05 Å². The number of halogens is 1. The molecule has 0 saturated heterocycles. The number of rotatable bonds is 4. The monoisotopic (exact) mass is 296 g/mol. The van der Waals surface area contributed by atoms with Gasteiger partial charge in [0.1, 0.15) is 5.69 Å². The Labute approximate surface area is 119 Å². The van der Waals surface area contributed by atoms with Gasteiger partial charge < -0.3 is 11.1 Å². The molecule has 0 fully saturated rings. The third-order valence-electron chi connectivity index (χ3n) is 2.62. The van der Waals surface area contributed by atoms with Gasteiger partial charge in [0.2, 0.25) is 0 Å². The highest BCUT2D eigenvalue weighted by Gasteiger charge is 2.20. The van der Waals surface area contributed by atoms with Crippen molar-refractivity contribution < 1.29 is 9.59 Å². The Hall–Kier alpha value is -2.35. The van der Waals surface area contributed by atoms with Crippen LogP contribution in [0.25, 0.3) is 0 Å². The molecule has 9 heteroatoms. The minimum Gasteiger partial charge on any atom is -0.364 e. The summed E-state index contributed by atoms with van der Waals surface area (Å²) in [6.07, 6.45) is 2.87. The van der Waals surface area contributed by atoms with Gasteiger partial charge in [0, 0.05) is 19.8 Å². The number of carbonyl (C=O) groups is 2. The standard InChI is InChI=1S/C11H13ClN6O2/c1-3-18-9(6(12)4-14-18)11(20)15-7-5-17(2)16-8(7)10(13)19/h4-5H,3H2,1-2H3,(H2,13,19)(H,15,20). The number of hydrogen-bond acceptors (Lipinski definition) is 4. The predicted octanol–water partition coefficient (Wildman–Crippen LogP) is 0.641. The number of nitrogens with zero attached hydrogens (tertiary/aromatic N) is 4. The third-order valence-corrected chi connectivity index (χ3v) is 2.90. The second-order valence-corrected chi connectivity index (χ2v) is 4.45. The molecule has 106 valence electrons. The van der Waals surface area contributed by atoms with Crippen LogP contribution in [0.3, 0.4) is 0 Å². The van der Waals surface area contributed by atoms with Crippen molar-refractivity contribution in [2.75, 3.05) is 5.32 Å². The maximum absolute atomic E-state index is 12.2. The summed E-state index contributed by atoms with van der Waals surface area (Å²) in [6.45, 7) is 2.32. The van der Waals surface area contributed by atoms with Gasteiger partial charge in [-0.2, -0.15) is 10.2 Å². The number of nitrogens with one attached hydrogen (secondary N) is 1. The smallest absolute Gasteiger partial charge is 0.275 e. The molecular weight excluding hydrogens is 284 g/mol. The summed E-state index contributed by atoms with van der Waals surface area (Å²) in [6, 6.07) is 0. The summed E-state index contributed by atoms with van der Waals surface area (Å²) >= 11 is 5.94. The number of aryl methyl sites for hydroxylation is 2. The first kappa shape index (κ1) is 14.1. The lowest BCUT2D eigenvalue weighted by molar-refractivity contribution is 0.0995. The average Bonchev–Trinajstić information content (AvgIpc) is 2.92. The Balaban J connectivity index is 2.32. The van der Waals surface area contributed by atoms with Gasteiger partial charge in [-0.1, -0.05) is 11.6 Å². The predicted molar refractivity (Wildman–Crippen MR) is 72.6 cm³/mol. The zero-order valence-corrected chi connectivity index (χ0v) is 11.7. The summed E-state index contributed by atoms with van der Waals surface area (Å²) in [4.78, 5) is 23.5. The molecule has 0 aliphatic rings. The van der Waals surface area contributed by atoms with E-state index in [4.69, 9.17) is 17.3 Å². The van der Waals surface area contributed by atoms with Crippen molar-refractivity contribution in [1.82, 2.24) is 19.6 Å². The van der Waals surface area contributed by atoms with E-state index in [1.807, 2.05) is 6.92 Å². The van der Waals surface area contributed by atoms with Gasteiger partial charge in [-0.05, 0) is 6.92 Å². The summed E-state index contributed by atoms with van der Waals surface area (Å²) in [5.74, 6) is -1.21. The number of primary amides is 1. The van der Waals surface area contributed by atoms with Crippen molar-refractivity contribution in [3.8, 4) is 0 Å². The molecule has 2 amide bonds. The molecule has 0 spiro atoms. The van der Waals surface area contributed by atoms with Crippen LogP contribution in [0.4, 0.5) is 5.69 Å². The Morgan fingerprint density at radius 2 is 2.20 bits per heavy atom. The number of nitrogens with two attached hydrogens (primary N) is 1. The second kappa shape index (κ2) is 5.33. The second-order valence-electron chi connectivity index (χ2n) is 4.04. The molecule has 20 heavy (non-hydrogen) atoms. The quantitative estimate of drug-likeness (QED) is 0.863. The minimum atomic E-state index is -0.726. The lowest BCUT2D eigenvalue weighted by Crippen LogP contribution is -2.20. The number of amides is 2. The van der Waals surface area contributed by atoms with Gasteiger partial charge in [-0.3, -0.25) is 19.0 Å². The maximum atomic E-state index is 12.2. The zero-order chi connectivity index (χ0) is 14.9. The SMILES string of the molecule is CCn1ncc(Cl)c1C(=O)Nc1cn(C)nc1C(N)=O. The van der Waals surface area contributed by atoms with Gasteiger partial charge in [-0.25, -0.2) is 0 Å². The zero-order valence-electron chi connectivity index (χ0n) is 10.9. The topological polar surface area (TPSA) is 108 Å². The summed E-state index contributed by atoms with van der Waals surface area (Å²) < 4.78 is 2.84. The molecule has 0 atom stereocenters. The normalized spacial score (nSPS) is 10.6. The van der Waals surface area contributed by atoms with Crippen molar-refractivity contribution in [2.24, 2.45) is 12.8 Å². The summed E-state index contributed by atoms with van der Waals surface area (Å²) in [7, 11) is 1.62. The van der Waals surface area contributed by atoms with Crippen LogP contribution in [0.1, 0.15) is 27.9 Å². The van der Waals surface area contributed by atoms with E-state index in [0.717, 1.165) is 0 Å². The Morgan fingerprint density at radius 1 is 1.50 bits per heavy atom. The van der Waals surface area contributed by atoms with Crippen molar-refractivity contribution >= 4 is 29.1 Å². The van der Waals surface area contributed by atoms with Crippen molar-refractivity contribution in [1.29, 1.82) is 0 Å². The van der Waals surface area contributed by atoms with E-state index in [0.29, 0.717) is 6.54 Å². The average molecular weight is 297 g/mol. The number of aromatic nitrogens is 4. The Morgan fingerprint density at radius 3 is 2.80 bits per heavy atom. The maximum Gasteiger partial charge on any atom is 0.275 e. The molecule has 0 aliphatic carbocycles. The first-order valence-corrected chi connectivity index (χ1v) is 6.18. The molecule has 0 radical (unpaired) electrons. The van der Waals surface area contributed by atoms with Gasteiger partial charge in [0.05, 0.1) is 16.9 Å². The van der Waals surface area contributed by atoms with Gasteiger partial charge in [0.15, 0.2) is 5.69 Å². The van der Waals surface area contributed by atoms with Gasteiger partial charge in [0.25, 0.3) is 11.8 Å². The van der Waals surface area contributed by atoms with Crippen LogP contribution in [0.5, 0.6) is 0 Å². The van der Waals surface area contributed by atoms with E-state index in [2.05, 4.69) is 15.5 Å².